The molecule has 0 aromatic rings. The molecule has 0 aliphatic carbocycles. The van der Waals surface area contributed by atoms with Crippen molar-refractivity contribution < 1.29 is 4.79 Å². The third kappa shape index (κ3) is 1.46. The second kappa shape index (κ2) is 2.21. The van der Waals surface area contributed by atoms with Crippen LogP contribution in [-0.2, 0) is 4.79 Å². The molecule has 0 spiro atoms. The van der Waals surface area contributed by atoms with E-state index in [9.17, 15) is 4.79 Å². The molecule has 58 valence electrons. The predicted molar refractivity (Wildman–Crippen MR) is 38.0 cm³/mol. The molecule has 0 bridgehead atoms. The Morgan fingerprint density at radius 2 is 2.20 bits per heavy atom. The summed E-state index contributed by atoms with van der Waals surface area (Å²) < 4.78 is 0. The Bertz CT molecular complexity index is 155. The molecule has 0 atom stereocenters. The summed E-state index contributed by atoms with van der Waals surface area (Å²) in [5, 5.41) is 4.55. The van der Waals surface area contributed by atoms with E-state index < -0.39 is 0 Å². The van der Waals surface area contributed by atoms with Gasteiger partial charge in [0.1, 0.15) is 0 Å². The molecule has 4 heteroatoms. The zero-order valence-electron chi connectivity index (χ0n) is 6.56. The van der Waals surface area contributed by atoms with Crippen molar-refractivity contribution in [2.45, 2.75) is 19.5 Å². The molecule has 1 aliphatic heterocycles. The Morgan fingerprint density at radius 3 is 2.60 bits per heavy atom. The van der Waals surface area contributed by atoms with E-state index in [0.717, 1.165) is 0 Å². The predicted octanol–water partition coefficient (Wildman–Crippen LogP) is -0.711. The van der Waals surface area contributed by atoms with Crippen molar-refractivity contribution in [2.24, 2.45) is 0 Å². The van der Waals surface area contributed by atoms with Crippen LogP contribution in [0.5, 0.6) is 0 Å². The molecular weight excluding hydrogens is 130 g/mol. The zero-order chi connectivity index (χ0) is 7.78. The summed E-state index contributed by atoms with van der Waals surface area (Å²) in [6.45, 7) is 4.38. The number of amides is 1. The van der Waals surface area contributed by atoms with Crippen molar-refractivity contribution in [1.82, 2.24) is 15.8 Å². The van der Waals surface area contributed by atoms with Crippen LogP contribution in [0.3, 0.4) is 0 Å². The lowest BCUT2D eigenvalue weighted by molar-refractivity contribution is -0.138. The van der Waals surface area contributed by atoms with Gasteiger partial charge in [-0.3, -0.25) is 15.1 Å². The molecule has 1 heterocycles. The summed E-state index contributed by atoms with van der Waals surface area (Å²) in [5.41, 5.74) is 2.81. The molecule has 1 aliphatic rings. The van der Waals surface area contributed by atoms with Crippen LogP contribution in [0.2, 0.25) is 0 Å². The minimum absolute atomic E-state index is 0.0688. The highest BCUT2D eigenvalue weighted by Crippen LogP contribution is 2.01. The number of carbonyl (C=O) groups is 1. The fraction of sp³-hybridized carbons (Fsp3) is 0.833. The molecule has 1 saturated heterocycles. The molecular formula is C6H13N3O. The molecule has 0 radical (unpaired) electrons. The topological polar surface area (TPSA) is 44.4 Å². The lowest BCUT2D eigenvalue weighted by Crippen LogP contribution is -2.66. The van der Waals surface area contributed by atoms with Crippen molar-refractivity contribution in [2.75, 3.05) is 13.6 Å². The highest BCUT2D eigenvalue weighted by Gasteiger charge is 2.26. The van der Waals surface area contributed by atoms with Gasteiger partial charge in [0.25, 0.3) is 0 Å². The smallest absolute Gasteiger partial charge is 0.250 e. The zero-order valence-corrected chi connectivity index (χ0v) is 6.56. The van der Waals surface area contributed by atoms with Crippen molar-refractivity contribution in [3.05, 3.63) is 0 Å². The maximum Gasteiger partial charge on any atom is 0.250 e. The van der Waals surface area contributed by atoms with Gasteiger partial charge in [-0.05, 0) is 13.8 Å². The quantitative estimate of drug-likeness (QED) is 0.471. The van der Waals surface area contributed by atoms with Gasteiger partial charge >= 0.3 is 0 Å². The first kappa shape index (κ1) is 7.50. The van der Waals surface area contributed by atoms with E-state index in [1.54, 1.807) is 7.05 Å². The first-order chi connectivity index (χ1) is 4.51. The number of hydrazine groups is 1. The molecule has 2 N–H and O–H groups in total. The first-order valence-corrected chi connectivity index (χ1v) is 3.31. The Kier molecular flexibility index (Phi) is 1.66. The fourth-order valence-corrected chi connectivity index (χ4v) is 0.936. The third-order valence-electron chi connectivity index (χ3n) is 1.50. The van der Waals surface area contributed by atoms with Crippen LogP contribution in [0.1, 0.15) is 13.8 Å². The number of nitrogens with zero attached hydrogens (tertiary/aromatic N) is 1. The number of rotatable bonds is 0. The molecule has 1 rings (SSSR count). The SMILES string of the molecule is CN1NC(C)(C)NCC1=O. The fourth-order valence-electron chi connectivity index (χ4n) is 0.936. The highest BCUT2D eigenvalue weighted by atomic mass is 16.2. The van der Waals surface area contributed by atoms with E-state index in [4.69, 9.17) is 0 Å². The monoisotopic (exact) mass is 143 g/mol. The summed E-state index contributed by atoms with van der Waals surface area (Å²) in [6.07, 6.45) is 0. The molecule has 0 unspecified atom stereocenters. The van der Waals surface area contributed by atoms with Gasteiger partial charge in [0, 0.05) is 7.05 Å². The van der Waals surface area contributed by atoms with Crippen molar-refractivity contribution >= 4 is 5.91 Å². The van der Waals surface area contributed by atoms with Crippen LogP contribution < -0.4 is 10.7 Å². The van der Waals surface area contributed by atoms with Crippen LogP contribution in [0.4, 0.5) is 0 Å². The normalized spacial score (nSPS) is 25.1. The van der Waals surface area contributed by atoms with Gasteiger partial charge in [-0.1, -0.05) is 0 Å². The van der Waals surface area contributed by atoms with E-state index in [1.165, 1.54) is 5.01 Å². The number of carbonyl (C=O) groups excluding carboxylic acids is 1. The van der Waals surface area contributed by atoms with Gasteiger partial charge in [-0.2, -0.15) is 0 Å². The molecule has 0 saturated carbocycles. The van der Waals surface area contributed by atoms with Gasteiger partial charge < -0.3 is 0 Å². The van der Waals surface area contributed by atoms with Gasteiger partial charge in [0.2, 0.25) is 5.91 Å². The number of nitrogens with one attached hydrogen (secondary N) is 2. The lowest BCUT2D eigenvalue weighted by Gasteiger charge is -2.37. The standard InChI is InChI=1S/C6H13N3O/c1-6(2)7-4-5(10)9(3)8-6/h7-8H,4H2,1-3H3. The van der Waals surface area contributed by atoms with E-state index in [0.29, 0.717) is 6.54 Å². The summed E-state index contributed by atoms with van der Waals surface area (Å²) in [4.78, 5) is 10.9. The van der Waals surface area contributed by atoms with Gasteiger partial charge in [0.05, 0.1) is 12.2 Å². The maximum atomic E-state index is 10.9. The first-order valence-electron chi connectivity index (χ1n) is 3.31. The molecule has 4 nitrogen and oxygen atoms in total. The Balaban J connectivity index is 2.57. The largest absolute Gasteiger partial charge is 0.290 e. The number of likely N-dealkylation sites (N-methyl/N-ethyl adjacent to an activating group) is 1. The van der Waals surface area contributed by atoms with Gasteiger partial charge in [-0.15, -0.1) is 0 Å². The van der Waals surface area contributed by atoms with Crippen LogP contribution >= 0.6 is 0 Å². The van der Waals surface area contributed by atoms with Crippen molar-refractivity contribution in [3.63, 3.8) is 0 Å². The van der Waals surface area contributed by atoms with Gasteiger partial charge in [0.15, 0.2) is 0 Å². The second-order valence-corrected chi connectivity index (χ2v) is 3.04. The summed E-state index contributed by atoms with van der Waals surface area (Å²) >= 11 is 0. The molecule has 1 fully saturated rings. The van der Waals surface area contributed by atoms with Crippen molar-refractivity contribution in [3.8, 4) is 0 Å². The van der Waals surface area contributed by atoms with Crippen LogP contribution in [-0.4, -0.2) is 30.2 Å². The second-order valence-electron chi connectivity index (χ2n) is 3.04. The third-order valence-corrected chi connectivity index (χ3v) is 1.50. The minimum atomic E-state index is -0.164. The summed E-state index contributed by atoms with van der Waals surface area (Å²) in [5.74, 6) is 0.0688. The van der Waals surface area contributed by atoms with Crippen LogP contribution in [0.15, 0.2) is 0 Å². The summed E-state index contributed by atoms with van der Waals surface area (Å²) in [6, 6.07) is 0. The Morgan fingerprint density at radius 1 is 1.60 bits per heavy atom. The Labute approximate surface area is 60.5 Å². The maximum absolute atomic E-state index is 10.9. The van der Waals surface area contributed by atoms with Crippen LogP contribution in [0, 0.1) is 0 Å². The van der Waals surface area contributed by atoms with Crippen LogP contribution in [0.25, 0.3) is 0 Å². The van der Waals surface area contributed by atoms with E-state index in [-0.39, 0.29) is 11.6 Å². The Hall–Kier alpha value is -0.610. The van der Waals surface area contributed by atoms with Gasteiger partial charge in [-0.25, -0.2) is 5.43 Å². The molecule has 0 aromatic heterocycles. The van der Waals surface area contributed by atoms with E-state index in [2.05, 4.69) is 10.7 Å². The molecule has 1 amide bonds. The average molecular weight is 143 g/mol. The highest BCUT2D eigenvalue weighted by molar-refractivity contribution is 5.78. The van der Waals surface area contributed by atoms with E-state index >= 15 is 0 Å². The molecule has 10 heavy (non-hydrogen) atoms. The number of hydrogen-bond acceptors (Lipinski definition) is 3. The van der Waals surface area contributed by atoms with Crippen molar-refractivity contribution in [1.29, 1.82) is 0 Å². The summed E-state index contributed by atoms with van der Waals surface area (Å²) in [7, 11) is 1.73. The molecule has 0 aromatic carbocycles. The van der Waals surface area contributed by atoms with E-state index in [1.807, 2.05) is 13.8 Å². The lowest BCUT2D eigenvalue weighted by atomic mass is 10.2. The average Bonchev–Trinajstić information content (AvgIpc) is 1.79. The number of hydrogen-bond donors (Lipinski definition) is 2. The minimum Gasteiger partial charge on any atom is -0.290 e.